The summed E-state index contributed by atoms with van der Waals surface area (Å²) in [6.07, 6.45) is -0.377. The van der Waals surface area contributed by atoms with Crippen LogP contribution in [0.3, 0.4) is 0 Å². The number of carbonyl (C=O) groups is 10. The van der Waals surface area contributed by atoms with Gasteiger partial charge in [0.2, 0.25) is 35.4 Å². The number of nitrogens with two attached hydrogens (primary N) is 3. The van der Waals surface area contributed by atoms with E-state index in [9.17, 15) is 63.3 Å². The normalized spacial score (nSPS) is 25.4. The number of nitrogens with one attached hydrogen (secondary N) is 7. The van der Waals surface area contributed by atoms with E-state index in [4.69, 9.17) is 17.2 Å². The van der Waals surface area contributed by atoms with Crippen molar-refractivity contribution in [2.75, 3.05) is 39.3 Å². The molecule has 27 heteroatoms. The van der Waals surface area contributed by atoms with Gasteiger partial charge >= 0.3 is 11.9 Å². The van der Waals surface area contributed by atoms with E-state index in [2.05, 4.69) is 42.2 Å². The average molecular weight is 849 g/mol. The largest absolute Gasteiger partial charge is 0.481 e. The van der Waals surface area contributed by atoms with E-state index in [-0.39, 0.29) is 38.3 Å². The molecule has 0 radical (unpaired) electrons. The maximum absolute atomic E-state index is 13.6. The van der Waals surface area contributed by atoms with Crippen LogP contribution in [0.4, 0.5) is 0 Å². The smallest absolute Gasteiger partial charge is 0.373 e. The summed E-state index contributed by atoms with van der Waals surface area (Å²) < 4.78 is 0. The fourth-order valence-corrected chi connectivity index (χ4v) is 8.18. The molecular formula is C30H48N12O13S2. The first-order chi connectivity index (χ1) is 26.8. The van der Waals surface area contributed by atoms with Crippen LogP contribution in [0.5, 0.6) is 0 Å². The number of aliphatic hydroxyl groups is 1. The molecule has 2 aliphatic rings. The van der Waals surface area contributed by atoms with Crippen molar-refractivity contribution in [1.82, 2.24) is 42.1 Å². The third-order valence-electron chi connectivity index (χ3n) is 8.18. The number of carboxylic acids is 2. The Labute approximate surface area is 332 Å². The third kappa shape index (κ3) is 16.5. The number of aliphatic imine (C=N–C) groups is 1. The van der Waals surface area contributed by atoms with Crippen LogP contribution in [0.2, 0.25) is 0 Å². The van der Waals surface area contributed by atoms with Crippen LogP contribution in [0.25, 0.3) is 0 Å². The Kier molecular flexibility index (Phi) is 20.1. The van der Waals surface area contributed by atoms with E-state index < -0.39 is 133 Å². The van der Waals surface area contributed by atoms with Crippen molar-refractivity contribution >= 4 is 86.5 Å². The number of aliphatic carboxylic acids is 2. The van der Waals surface area contributed by atoms with E-state index in [1.807, 2.05) is 0 Å². The molecule has 57 heavy (non-hydrogen) atoms. The SMILES string of the molecule is CC(NC1SSC(NCC(N)=O)C(=O)CNC(=O)[C@H](CCCN=C(N)N)NC(=O)CNC(=O)[C@H](CC(=O)O)NC(=O)[C@H](CO)NC(=O)[C@@H]2CCCN12)C(=O)C(=O)O. The van der Waals surface area contributed by atoms with Gasteiger partial charge in [-0.05, 0) is 32.6 Å². The molecule has 2 fully saturated rings. The van der Waals surface area contributed by atoms with Crippen molar-refractivity contribution in [2.24, 2.45) is 22.2 Å². The second kappa shape index (κ2) is 23.9. The summed E-state index contributed by atoms with van der Waals surface area (Å²) in [4.78, 5) is 132. The lowest BCUT2D eigenvalue weighted by atomic mass is 10.1. The minimum Gasteiger partial charge on any atom is -0.481 e. The molecule has 0 saturated carbocycles. The molecular weight excluding hydrogens is 801 g/mol. The number of aliphatic hydroxyl groups excluding tert-OH is 1. The number of fused-ring (bicyclic) bond motifs is 1. The molecule has 2 saturated heterocycles. The number of Topliss-reactive ketones (excluding diaryl/α,β-unsaturated/α-hetero) is 2. The van der Waals surface area contributed by atoms with Crippen molar-refractivity contribution in [3.63, 3.8) is 0 Å². The third-order valence-corrected chi connectivity index (χ3v) is 11.0. The Morgan fingerprint density at radius 2 is 1.54 bits per heavy atom. The highest BCUT2D eigenvalue weighted by atomic mass is 33.1. The molecule has 2 rings (SSSR count). The Hall–Kier alpha value is -5.09. The van der Waals surface area contributed by atoms with Gasteiger partial charge in [-0.15, -0.1) is 0 Å². The molecule has 0 aromatic carbocycles. The molecule has 0 aromatic heterocycles. The van der Waals surface area contributed by atoms with Gasteiger partial charge in [0.05, 0.1) is 44.7 Å². The first-order valence-corrected chi connectivity index (χ1v) is 19.6. The van der Waals surface area contributed by atoms with Crippen LogP contribution >= 0.6 is 21.6 Å². The molecule has 0 bridgehead atoms. The van der Waals surface area contributed by atoms with Crippen LogP contribution in [-0.4, -0.2) is 166 Å². The monoisotopic (exact) mass is 848 g/mol. The molecule has 3 unspecified atom stereocenters. The predicted molar refractivity (Wildman–Crippen MR) is 201 cm³/mol. The van der Waals surface area contributed by atoms with Gasteiger partial charge < -0.3 is 59.1 Å². The zero-order chi connectivity index (χ0) is 42.8. The number of hydrogen-bond acceptors (Lipinski definition) is 17. The van der Waals surface area contributed by atoms with Gasteiger partial charge in [-0.1, -0.05) is 21.6 Å². The first-order valence-electron chi connectivity index (χ1n) is 17.3. The number of carbonyl (C=O) groups excluding carboxylic acids is 8. The van der Waals surface area contributed by atoms with Gasteiger partial charge in [-0.25, -0.2) is 4.79 Å². The van der Waals surface area contributed by atoms with Gasteiger partial charge in [0, 0.05) is 13.1 Å². The molecule has 318 valence electrons. The van der Waals surface area contributed by atoms with Crippen LogP contribution in [0.15, 0.2) is 4.99 Å². The molecule has 0 spiro atoms. The first kappa shape index (κ1) is 48.1. The number of ketones is 2. The maximum Gasteiger partial charge on any atom is 0.373 e. The standard InChI is InChI=1S/C30H48N12O13S2/c1-13(22(49)28(54)55)38-30-42-7-3-5-17(42)26(53)41-16(12-43)25(52)40-15(8-21(47)48)24(51)36-11-20(46)39-14(4-2-6-34-29(32)33)23(50)35-9-18(44)27(56-57-30)37-10-19(31)45/h13-17,27,30,37-38,43H,2-12H2,1H3,(H2,31,45)(H,35,50)(H,36,51)(H,39,46)(H,40,52)(H,41,53)(H,47,48)(H,54,55)(H4,32,33,34)/t13?,14-,15-,16-,17-,27?,30?/m0/s1. The van der Waals surface area contributed by atoms with Crippen LogP contribution < -0.4 is 54.4 Å². The fourth-order valence-electron chi connectivity index (χ4n) is 5.32. The molecule has 7 atom stereocenters. The lowest BCUT2D eigenvalue weighted by Crippen LogP contribution is -2.59. The number of primary amides is 1. The summed E-state index contributed by atoms with van der Waals surface area (Å²) in [6, 6.07) is -7.28. The Balaban J connectivity index is 2.56. The van der Waals surface area contributed by atoms with E-state index in [0.29, 0.717) is 6.42 Å². The van der Waals surface area contributed by atoms with Gasteiger partial charge in [0.15, 0.2) is 11.7 Å². The summed E-state index contributed by atoms with van der Waals surface area (Å²) in [6.45, 7) is -1.54. The van der Waals surface area contributed by atoms with Gasteiger partial charge in [-0.3, -0.25) is 63.7 Å². The molecule has 0 aromatic rings. The molecule has 2 heterocycles. The molecule has 2 aliphatic heterocycles. The van der Waals surface area contributed by atoms with Gasteiger partial charge in [0.25, 0.3) is 5.78 Å². The number of amides is 6. The van der Waals surface area contributed by atoms with E-state index in [1.165, 1.54) is 11.8 Å². The maximum atomic E-state index is 13.6. The minimum absolute atomic E-state index is 0.0419. The lowest BCUT2D eigenvalue weighted by molar-refractivity contribution is -0.150. The molecule has 16 N–H and O–H groups in total. The number of rotatable bonds is 14. The highest BCUT2D eigenvalue weighted by Crippen LogP contribution is 2.35. The summed E-state index contributed by atoms with van der Waals surface area (Å²) in [5, 5.41) is 44.4. The summed E-state index contributed by atoms with van der Waals surface area (Å²) >= 11 is 0. The van der Waals surface area contributed by atoms with E-state index in [0.717, 1.165) is 21.6 Å². The van der Waals surface area contributed by atoms with Crippen molar-refractivity contribution in [2.45, 2.75) is 80.1 Å². The van der Waals surface area contributed by atoms with Crippen molar-refractivity contribution < 1.29 is 63.3 Å². The van der Waals surface area contributed by atoms with E-state index >= 15 is 0 Å². The second-order valence-corrected chi connectivity index (χ2v) is 15.1. The highest BCUT2D eigenvalue weighted by Gasteiger charge is 2.40. The molecule has 0 aliphatic carbocycles. The molecule has 25 nitrogen and oxygen atoms in total. The topological polar surface area (TPSA) is 409 Å². The van der Waals surface area contributed by atoms with Gasteiger partial charge in [-0.2, -0.15) is 0 Å². The fraction of sp³-hybridized carbons (Fsp3) is 0.633. The van der Waals surface area contributed by atoms with Gasteiger partial charge in [0.1, 0.15) is 29.0 Å². The number of nitrogens with zero attached hydrogens (tertiary/aromatic N) is 2. The summed E-state index contributed by atoms with van der Waals surface area (Å²) in [5.41, 5.74) is 14.9. The van der Waals surface area contributed by atoms with Crippen LogP contribution in [0.1, 0.15) is 39.0 Å². The Morgan fingerprint density at radius 1 is 0.895 bits per heavy atom. The quantitative estimate of drug-likeness (QED) is 0.0254. The predicted octanol–water partition coefficient (Wildman–Crippen LogP) is -7.06. The van der Waals surface area contributed by atoms with Crippen molar-refractivity contribution in [1.29, 1.82) is 0 Å². The van der Waals surface area contributed by atoms with Crippen molar-refractivity contribution in [3.05, 3.63) is 0 Å². The summed E-state index contributed by atoms with van der Waals surface area (Å²) in [7, 11) is 1.63. The Morgan fingerprint density at radius 3 is 2.16 bits per heavy atom. The second-order valence-electron chi connectivity index (χ2n) is 12.6. The highest BCUT2D eigenvalue weighted by molar-refractivity contribution is 8.77. The average Bonchev–Trinajstić information content (AvgIpc) is 3.64. The van der Waals surface area contributed by atoms with Crippen LogP contribution in [0, 0.1) is 0 Å². The number of carboxylic acid groups (broad SMARTS) is 2. The van der Waals surface area contributed by atoms with Crippen LogP contribution in [-0.2, 0) is 47.9 Å². The molecule has 6 amide bonds. The number of hydrogen-bond donors (Lipinski definition) is 13. The minimum atomic E-state index is -1.80. The zero-order valence-electron chi connectivity index (χ0n) is 30.7. The number of guanidine groups is 1. The lowest BCUT2D eigenvalue weighted by Gasteiger charge is -2.34. The van der Waals surface area contributed by atoms with E-state index in [1.54, 1.807) is 0 Å². The van der Waals surface area contributed by atoms with Crippen molar-refractivity contribution in [3.8, 4) is 0 Å². The summed E-state index contributed by atoms with van der Waals surface area (Å²) in [5.74, 6) is -11.3. The Bertz CT molecular complexity index is 1570. The zero-order valence-corrected chi connectivity index (χ0v) is 32.3.